The molecule has 0 radical (unpaired) electrons. The predicted octanol–water partition coefficient (Wildman–Crippen LogP) is 3.76. The molecule has 0 amide bonds. The zero-order chi connectivity index (χ0) is 20.5. The summed E-state index contributed by atoms with van der Waals surface area (Å²) in [7, 11) is 5.17. The molecule has 0 spiro atoms. The van der Waals surface area contributed by atoms with Crippen LogP contribution in [0.3, 0.4) is 0 Å². The first-order valence-electron chi connectivity index (χ1n) is 9.43. The van der Waals surface area contributed by atoms with E-state index in [9.17, 15) is 5.11 Å². The van der Waals surface area contributed by atoms with Gasteiger partial charge in [-0.2, -0.15) is 0 Å². The van der Waals surface area contributed by atoms with Crippen LogP contribution in [0.2, 0.25) is 0 Å². The highest BCUT2D eigenvalue weighted by molar-refractivity contribution is 14.0. The number of aryl methyl sites for hydroxylation is 1. The Bertz CT molecular complexity index is 781. The Balaban J connectivity index is 0.00000420. The fourth-order valence-corrected chi connectivity index (χ4v) is 2.88. The third kappa shape index (κ3) is 7.40. The molecule has 1 unspecified atom stereocenters. The van der Waals surface area contributed by atoms with Crippen LogP contribution in [0.25, 0.3) is 0 Å². The van der Waals surface area contributed by atoms with Gasteiger partial charge in [-0.05, 0) is 37.6 Å². The van der Waals surface area contributed by atoms with Crippen LogP contribution in [-0.2, 0) is 6.54 Å². The summed E-state index contributed by atoms with van der Waals surface area (Å²) in [5, 5.41) is 14.0. The number of benzene rings is 2. The molecule has 160 valence electrons. The highest BCUT2D eigenvalue weighted by atomic mass is 127. The van der Waals surface area contributed by atoms with Crippen molar-refractivity contribution in [1.29, 1.82) is 0 Å². The van der Waals surface area contributed by atoms with E-state index in [4.69, 9.17) is 9.47 Å². The number of aliphatic imine (C=N–C) groups is 1. The molecule has 6 nitrogen and oxygen atoms in total. The lowest BCUT2D eigenvalue weighted by Crippen LogP contribution is -2.38. The number of aliphatic hydroxyl groups excluding tert-OH is 1. The third-order valence-electron chi connectivity index (χ3n) is 4.45. The largest absolute Gasteiger partial charge is 0.497 e. The number of hydrogen-bond donors (Lipinski definition) is 2. The lowest BCUT2D eigenvalue weighted by atomic mass is 10.1. The number of nitrogens with one attached hydrogen (secondary N) is 1. The van der Waals surface area contributed by atoms with Gasteiger partial charge in [0, 0.05) is 25.7 Å². The zero-order valence-electron chi connectivity index (χ0n) is 17.8. The normalized spacial score (nSPS) is 12.0. The molecule has 0 aromatic heterocycles. The number of aliphatic hydroxyl groups is 1. The first-order valence-corrected chi connectivity index (χ1v) is 9.43. The fourth-order valence-electron chi connectivity index (χ4n) is 2.88. The minimum Gasteiger partial charge on any atom is -0.497 e. The van der Waals surface area contributed by atoms with Gasteiger partial charge >= 0.3 is 0 Å². The third-order valence-corrected chi connectivity index (χ3v) is 4.45. The standard InChI is InChI=1S/C22H31N3O3.HI/c1-6-23-22(25(3)15-17-9-7-16(2)8-10-17)24-14-20(26)19-13-18(27-4)11-12-21(19)28-5;/h7-13,20,26H,6,14-15H2,1-5H3,(H,23,24);1H. The SMILES string of the molecule is CCNC(=NCC(O)c1cc(OC)ccc1OC)N(C)Cc1ccc(C)cc1.I. The van der Waals surface area contributed by atoms with Gasteiger partial charge in [0.2, 0.25) is 0 Å². The second kappa shape index (κ2) is 12.5. The Morgan fingerprint density at radius 1 is 1.14 bits per heavy atom. The number of methoxy groups -OCH3 is 2. The van der Waals surface area contributed by atoms with Gasteiger partial charge in [0.25, 0.3) is 0 Å². The van der Waals surface area contributed by atoms with E-state index in [1.165, 1.54) is 11.1 Å². The number of halogens is 1. The average Bonchev–Trinajstić information content (AvgIpc) is 2.71. The van der Waals surface area contributed by atoms with Crippen molar-refractivity contribution < 1.29 is 14.6 Å². The molecule has 7 heteroatoms. The van der Waals surface area contributed by atoms with Gasteiger partial charge in [0.1, 0.15) is 17.6 Å². The first-order chi connectivity index (χ1) is 13.5. The molecule has 0 saturated carbocycles. The van der Waals surface area contributed by atoms with E-state index in [0.29, 0.717) is 17.1 Å². The summed E-state index contributed by atoms with van der Waals surface area (Å²) in [5.74, 6) is 2.02. The molecule has 2 aromatic carbocycles. The smallest absolute Gasteiger partial charge is 0.194 e. The lowest BCUT2D eigenvalue weighted by molar-refractivity contribution is 0.181. The highest BCUT2D eigenvalue weighted by Crippen LogP contribution is 2.29. The Morgan fingerprint density at radius 2 is 1.83 bits per heavy atom. The van der Waals surface area contributed by atoms with Crippen molar-refractivity contribution in [2.75, 3.05) is 34.4 Å². The van der Waals surface area contributed by atoms with Crippen molar-refractivity contribution in [3.8, 4) is 11.5 Å². The van der Waals surface area contributed by atoms with Gasteiger partial charge in [-0.1, -0.05) is 29.8 Å². The number of rotatable bonds is 8. The van der Waals surface area contributed by atoms with Gasteiger partial charge in [-0.25, -0.2) is 0 Å². The van der Waals surface area contributed by atoms with Crippen molar-refractivity contribution in [3.05, 3.63) is 59.2 Å². The molecule has 1 atom stereocenters. The van der Waals surface area contributed by atoms with Crippen LogP contribution in [0.1, 0.15) is 29.7 Å². The van der Waals surface area contributed by atoms with Gasteiger partial charge in [0.15, 0.2) is 5.96 Å². The summed E-state index contributed by atoms with van der Waals surface area (Å²) in [5.41, 5.74) is 3.10. The average molecular weight is 513 g/mol. The molecule has 2 aromatic rings. The maximum Gasteiger partial charge on any atom is 0.194 e. The molecule has 2 rings (SSSR count). The monoisotopic (exact) mass is 513 g/mol. The van der Waals surface area contributed by atoms with E-state index in [0.717, 1.165) is 19.0 Å². The van der Waals surface area contributed by atoms with Crippen LogP contribution in [0, 0.1) is 6.92 Å². The number of hydrogen-bond acceptors (Lipinski definition) is 4. The van der Waals surface area contributed by atoms with E-state index in [2.05, 4.69) is 41.5 Å². The quantitative estimate of drug-likeness (QED) is 0.320. The van der Waals surface area contributed by atoms with Gasteiger partial charge in [-0.3, -0.25) is 4.99 Å². The van der Waals surface area contributed by atoms with E-state index in [1.54, 1.807) is 32.4 Å². The van der Waals surface area contributed by atoms with E-state index in [-0.39, 0.29) is 30.5 Å². The summed E-state index contributed by atoms with van der Waals surface area (Å²) in [6.07, 6.45) is -0.800. The molecule has 0 fully saturated rings. The van der Waals surface area contributed by atoms with Crippen molar-refractivity contribution in [3.63, 3.8) is 0 Å². The summed E-state index contributed by atoms with van der Waals surface area (Å²) >= 11 is 0. The number of nitrogens with zero attached hydrogens (tertiary/aromatic N) is 2. The van der Waals surface area contributed by atoms with E-state index >= 15 is 0 Å². The van der Waals surface area contributed by atoms with Crippen molar-refractivity contribution in [2.24, 2.45) is 4.99 Å². The molecule has 0 aliphatic heterocycles. The molecular formula is C22H32IN3O3. The van der Waals surface area contributed by atoms with Gasteiger partial charge in [-0.15, -0.1) is 24.0 Å². The zero-order valence-corrected chi connectivity index (χ0v) is 20.1. The molecule has 2 N–H and O–H groups in total. The number of guanidine groups is 1. The van der Waals surface area contributed by atoms with E-state index in [1.807, 2.05) is 18.9 Å². The lowest BCUT2D eigenvalue weighted by Gasteiger charge is -2.23. The summed E-state index contributed by atoms with van der Waals surface area (Å²) < 4.78 is 10.6. The summed E-state index contributed by atoms with van der Waals surface area (Å²) in [4.78, 5) is 6.66. The highest BCUT2D eigenvalue weighted by Gasteiger charge is 2.15. The minimum absolute atomic E-state index is 0. The summed E-state index contributed by atoms with van der Waals surface area (Å²) in [6, 6.07) is 13.8. The summed E-state index contributed by atoms with van der Waals surface area (Å²) in [6.45, 7) is 5.79. The molecule has 0 aliphatic carbocycles. The predicted molar refractivity (Wildman–Crippen MR) is 129 cm³/mol. The Labute approximate surface area is 191 Å². The molecule has 0 saturated heterocycles. The van der Waals surface area contributed by atoms with E-state index < -0.39 is 6.10 Å². The molecular weight excluding hydrogens is 481 g/mol. The Kier molecular flexibility index (Phi) is 10.8. The van der Waals surface area contributed by atoms with Crippen molar-refractivity contribution in [2.45, 2.75) is 26.5 Å². The fraction of sp³-hybridized carbons (Fsp3) is 0.409. The second-order valence-corrected chi connectivity index (χ2v) is 6.66. The van der Waals surface area contributed by atoms with Gasteiger partial charge in [0.05, 0.1) is 20.8 Å². The van der Waals surface area contributed by atoms with Crippen LogP contribution >= 0.6 is 24.0 Å². The maximum atomic E-state index is 10.7. The second-order valence-electron chi connectivity index (χ2n) is 6.66. The van der Waals surface area contributed by atoms with Gasteiger partial charge < -0.3 is 24.8 Å². The number of ether oxygens (including phenoxy) is 2. The minimum atomic E-state index is -0.800. The maximum absolute atomic E-state index is 10.7. The van der Waals surface area contributed by atoms with Crippen LogP contribution < -0.4 is 14.8 Å². The first kappa shape index (κ1) is 25.0. The van der Waals surface area contributed by atoms with Crippen LogP contribution in [0.4, 0.5) is 0 Å². The molecule has 0 aliphatic rings. The Morgan fingerprint density at radius 3 is 2.41 bits per heavy atom. The molecule has 0 bridgehead atoms. The Hall–Kier alpha value is -2.00. The van der Waals surface area contributed by atoms with Crippen LogP contribution in [0.5, 0.6) is 11.5 Å². The van der Waals surface area contributed by atoms with Crippen molar-refractivity contribution in [1.82, 2.24) is 10.2 Å². The molecule has 0 heterocycles. The van der Waals surface area contributed by atoms with Crippen molar-refractivity contribution >= 4 is 29.9 Å². The van der Waals surface area contributed by atoms with Crippen LogP contribution in [-0.4, -0.2) is 50.3 Å². The topological polar surface area (TPSA) is 66.3 Å². The van der Waals surface area contributed by atoms with Crippen LogP contribution in [0.15, 0.2) is 47.5 Å². The molecule has 29 heavy (non-hydrogen) atoms.